The molecule has 0 spiro atoms. The second-order valence-electron chi connectivity index (χ2n) is 4.00. The minimum atomic E-state index is -0.0854. The summed E-state index contributed by atoms with van der Waals surface area (Å²) in [6.07, 6.45) is 2.41. The molecule has 0 atom stereocenters. The van der Waals surface area contributed by atoms with E-state index >= 15 is 0 Å². The topological polar surface area (TPSA) is 60.9 Å². The Morgan fingerprint density at radius 2 is 2.24 bits per heavy atom. The molecule has 0 amide bonds. The minimum Gasteiger partial charge on any atom is -0.466 e. The Balaban J connectivity index is 2.37. The van der Waals surface area contributed by atoms with Crippen LogP contribution in [0.5, 0.6) is 0 Å². The van der Waals surface area contributed by atoms with Gasteiger partial charge in [-0.1, -0.05) is 12.1 Å². The minimum absolute atomic E-state index is 0.0854. The molecule has 0 aromatic carbocycles. The van der Waals surface area contributed by atoms with Crippen LogP contribution in [0.2, 0.25) is 0 Å². The first kappa shape index (κ1) is 11.6. The Morgan fingerprint density at radius 3 is 2.82 bits per heavy atom. The van der Waals surface area contributed by atoms with Crippen molar-refractivity contribution in [2.75, 3.05) is 0 Å². The SMILES string of the molecule is CCCn1nncc1C(=O)c1cc(C)oc1C. The maximum Gasteiger partial charge on any atom is 0.216 e. The van der Waals surface area contributed by atoms with E-state index in [0.29, 0.717) is 23.6 Å². The van der Waals surface area contributed by atoms with Crippen molar-refractivity contribution in [2.24, 2.45) is 0 Å². The van der Waals surface area contributed by atoms with Gasteiger partial charge in [0.1, 0.15) is 17.2 Å². The zero-order chi connectivity index (χ0) is 12.4. The molecule has 2 aromatic heterocycles. The number of furan rings is 1. The third-order valence-corrected chi connectivity index (χ3v) is 2.57. The number of carbonyl (C=O) groups excluding carboxylic acids is 1. The molecule has 0 aliphatic carbocycles. The van der Waals surface area contributed by atoms with Gasteiger partial charge in [0.05, 0.1) is 11.8 Å². The zero-order valence-electron chi connectivity index (χ0n) is 10.2. The first-order valence-corrected chi connectivity index (χ1v) is 5.63. The Morgan fingerprint density at radius 1 is 1.47 bits per heavy atom. The molecule has 0 saturated heterocycles. The average molecular weight is 233 g/mol. The average Bonchev–Trinajstić information content (AvgIpc) is 2.85. The molecule has 2 heterocycles. The van der Waals surface area contributed by atoms with Crippen LogP contribution in [-0.4, -0.2) is 20.8 Å². The van der Waals surface area contributed by atoms with Gasteiger partial charge in [0.25, 0.3) is 0 Å². The number of hydrogen-bond donors (Lipinski definition) is 0. The fourth-order valence-corrected chi connectivity index (χ4v) is 1.80. The summed E-state index contributed by atoms with van der Waals surface area (Å²) >= 11 is 0. The van der Waals surface area contributed by atoms with Crippen molar-refractivity contribution < 1.29 is 9.21 Å². The summed E-state index contributed by atoms with van der Waals surface area (Å²) < 4.78 is 6.99. The summed E-state index contributed by atoms with van der Waals surface area (Å²) in [6, 6.07) is 1.75. The van der Waals surface area contributed by atoms with Gasteiger partial charge in [-0.15, -0.1) is 5.10 Å². The predicted molar refractivity (Wildman–Crippen MR) is 61.9 cm³/mol. The van der Waals surface area contributed by atoms with Crippen molar-refractivity contribution >= 4 is 5.78 Å². The number of nitrogens with zero attached hydrogens (tertiary/aromatic N) is 3. The van der Waals surface area contributed by atoms with Crippen molar-refractivity contribution in [3.63, 3.8) is 0 Å². The van der Waals surface area contributed by atoms with Gasteiger partial charge in [-0.05, 0) is 26.3 Å². The molecule has 0 radical (unpaired) electrons. The van der Waals surface area contributed by atoms with Crippen molar-refractivity contribution in [3.8, 4) is 0 Å². The molecule has 0 saturated carbocycles. The van der Waals surface area contributed by atoms with Gasteiger partial charge in [-0.3, -0.25) is 4.79 Å². The van der Waals surface area contributed by atoms with Crippen molar-refractivity contribution in [1.29, 1.82) is 0 Å². The van der Waals surface area contributed by atoms with Crippen molar-refractivity contribution in [2.45, 2.75) is 33.7 Å². The Bertz CT molecular complexity index is 540. The fraction of sp³-hybridized carbons (Fsp3) is 0.417. The molecule has 0 N–H and O–H groups in total. The fourth-order valence-electron chi connectivity index (χ4n) is 1.80. The standard InChI is InChI=1S/C12H15N3O2/c1-4-5-15-11(7-13-14-15)12(16)10-6-8(2)17-9(10)3/h6-7H,4-5H2,1-3H3. The summed E-state index contributed by atoms with van der Waals surface area (Å²) in [5.74, 6) is 1.29. The van der Waals surface area contributed by atoms with Gasteiger partial charge in [-0.25, -0.2) is 4.68 Å². The zero-order valence-corrected chi connectivity index (χ0v) is 10.2. The van der Waals surface area contributed by atoms with E-state index < -0.39 is 0 Å². The molecule has 90 valence electrons. The van der Waals surface area contributed by atoms with Crippen LogP contribution in [0.1, 0.15) is 40.9 Å². The highest BCUT2D eigenvalue weighted by Gasteiger charge is 2.19. The molecule has 0 aliphatic rings. The highest BCUT2D eigenvalue weighted by molar-refractivity contribution is 6.08. The van der Waals surface area contributed by atoms with Crippen LogP contribution in [0, 0.1) is 13.8 Å². The van der Waals surface area contributed by atoms with E-state index in [1.807, 2.05) is 13.8 Å². The van der Waals surface area contributed by atoms with E-state index in [2.05, 4.69) is 10.3 Å². The number of ketones is 1. The predicted octanol–water partition coefficient (Wildman–Crippen LogP) is 2.13. The Hall–Kier alpha value is -1.91. The van der Waals surface area contributed by atoms with E-state index in [-0.39, 0.29) is 5.78 Å². The van der Waals surface area contributed by atoms with E-state index in [1.54, 1.807) is 17.7 Å². The van der Waals surface area contributed by atoms with E-state index in [1.165, 1.54) is 6.20 Å². The highest BCUT2D eigenvalue weighted by Crippen LogP contribution is 2.17. The molecule has 0 unspecified atom stereocenters. The van der Waals surface area contributed by atoms with E-state index in [9.17, 15) is 4.79 Å². The van der Waals surface area contributed by atoms with Crippen LogP contribution < -0.4 is 0 Å². The maximum atomic E-state index is 12.3. The van der Waals surface area contributed by atoms with Gasteiger partial charge in [0.2, 0.25) is 5.78 Å². The second kappa shape index (κ2) is 4.53. The summed E-state index contributed by atoms with van der Waals surface area (Å²) in [5, 5.41) is 7.69. The Labute approximate surface area is 99.4 Å². The normalized spacial score (nSPS) is 10.8. The van der Waals surface area contributed by atoms with Crippen LogP contribution in [0.4, 0.5) is 0 Å². The van der Waals surface area contributed by atoms with Crippen molar-refractivity contribution in [1.82, 2.24) is 15.0 Å². The highest BCUT2D eigenvalue weighted by atomic mass is 16.3. The number of rotatable bonds is 4. The largest absolute Gasteiger partial charge is 0.466 e. The monoisotopic (exact) mass is 233 g/mol. The van der Waals surface area contributed by atoms with Crippen LogP contribution in [0.3, 0.4) is 0 Å². The first-order chi connectivity index (χ1) is 8.13. The van der Waals surface area contributed by atoms with Crippen LogP contribution >= 0.6 is 0 Å². The lowest BCUT2D eigenvalue weighted by molar-refractivity contribution is 0.102. The maximum absolute atomic E-state index is 12.3. The molecule has 17 heavy (non-hydrogen) atoms. The molecule has 2 aromatic rings. The molecule has 5 heteroatoms. The van der Waals surface area contributed by atoms with Crippen LogP contribution in [0.25, 0.3) is 0 Å². The van der Waals surface area contributed by atoms with Crippen LogP contribution in [0.15, 0.2) is 16.7 Å². The lowest BCUT2D eigenvalue weighted by Gasteiger charge is -2.02. The lowest BCUT2D eigenvalue weighted by atomic mass is 10.1. The Kier molecular flexibility index (Phi) is 3.08. The number of carbonyl (C=O) groups is 1. The number of hydrogen-bond acceptors (Lipinski definition) is 4. The smallest absolute Gasteiger partial charge is 0.216 e. The van der Waals surface area contributed by atoms with E-state index in [0.717, 1.165) is 12.2 Å². The number of aromatic nitrogens is 3. The third kappa shape index (κ3) is 2.13. The molecular weight excluding hydrogens is 218 g/mol. The summed E-state index contributed by atoms with van der Waals surface area (Å²) in [6.45, 7) is 6.33. The summed E-state index contributed by atoms with van der Waals surface area (Å²) in [7, 11) is 0. The van der Waals surface area contributed by atoms with Gasteiger partial charge < -0.3 is 4.42 Å². The molecule has 0 fully saturated rings. The van der Waals surface area contributed by atoms with Crippen molar-refractivity contribution in [3.05, 3.63) is 35.0 Å². The number of aryl methyl sites for hydroxylation is 3. The van der Waals surface area contributed by atoms with Gasteiger partial charge in [-0.2, -0.15) is 0 Å². The van der Waals surface area contributed by atoms with Gasteiger partial charge in [0, 0.05) is 6.54 Å². The molecule has 0 bridgehead atoms. The van der Waals surface area contributed by atoms with Crippen LogP contribution in [-0.2, 0) is 6.54 Å². The molecule has 2 rings (SSSR count). The molecular formula is C12H15N3O2. The van der Waals surface area contributed by atoms with E-state index in [4.69, 9.17) is 4.42 Å². The molecule has 0 aliphatic heterocycles. The summed E-state index contributed by atoms with van der Waals surface area (Å²) in [4.78, 5) is 12.3. The quantitative estimate of drug-likeness (QED) is 0.759. The second-order valence-corrected chi connectivity index (χ2v) is 4.00. The molecule has 5 nitrogen and oxygen atoms in total. The summed E-state index contributed by atoms with van der Waals surface area (Å²) in [5.41, 5.74) is 1.10. The first-order valence-electron chi connectivity index (χ1n) is 5.63. The lowest BCUT2D eigenvalue weighted by Crippen LogP contribution is -2.11. The third-order valence-electron chi connectivity index (χ3n) is 2.57. The van der Waals surface area contributed by atoms with Gasteiger partial charge in [0.15, 0.2) is 0 Å². The van der Waals surface area contributed by atoms with Gasteiger partial charge >= 0.3 is 0 Å².